The minimum atomic E-state index is 0.0355. The maximum Gasteiger partial charge on any atom is 0.123 e. The summed E-state index contributed by atoms with van der Waals surface area (Å²) >= 11 is 0. The molecule has 1 unspecified atom stereocenters. The number of nitrogens with zero attached hydrogens (tertiary/aromatic N) is 1. The minimum absolute atomic E-state index is 0.0355. The Morgan fingerprint density at radius 3 is 2.10 bits per heavy atom. The van der Waals surface area contributed by atoms with E-state index in [-0.39, 0.29) is 24.6 Å². The van der Waals surface area contributed by atoms with E-state index in [0.717, 1.165) is 25.4 Å². The third-order valence-electron chi connectivity index (χ3n) is 5.91. The van der Waals surface area contributed by atoms with Crippen molar-refractivity contribution in [3.63, 3.8) is 0 Å². The van der Waals surface area contributed by atoms with Gasteiger partial charge in [0, 0.05) is 43.2 Å². The lowest BCUT2D eigenvalue weighted by molar-refractivity contribution is 0.108. The maximum atomic E-state index is 10.0. The van der Waals surface area contributed by atoms with Crippen molar-refractivity contribution in [1.82, 2.24) is 10.2 Å². The second-order valence-corrected chi connectivity index (χ2v) is 7.96. The topological polar surface area (TPSA) is 44.7 Å². The number of para-hydroxylation sites is 1. The molecule has 0 amide bonds. The standard InChI is InChI=1S/C26H30N2O2/c1-30-25-15-9-8-14-22(25)16-28-17-23(19-29)27-24(18-28)26(20-10-4-2-5-11-20)21-12-6-3-7-13-21/h2-15,23-24,26-27,29H,16-19H2,1H3/t23-,24?/m1/s1. The highest BCUT2D eigenvalue weighted by molar-refractivity contribution is 5.36. The third-order valence-corrected chi connectivity index (χ3v) is 5.91. The molecule has 1 aliphatic rings. The Balaban J connectivity index is 1.63. The normalized spacial score (nSPS) is 19.7. The number of rotatable bonds is 7. The Hall–Kier alpha value is -2.66. The van der Waals surface area contributed by atoms with Gasteiger partial charge in [-0.25, -0.2) is 0 Å². The summed E-state index contributed by atoms with van der Waals surface area (Å²) in [6, 6.07) is 29.7. The lowest BCUT2D eigenvalue weighted by atomic mass is 9.83. The molecule has 4 nitrogen and oxygen atoms in total. The van der Waals surface area contributed by atoms with Gasteiger partial charge in [-0.3, -0.25) is 4.90 Å². The SMILES string of the molecule is COc1ccccc1CN1CC(C(c2ccccc2)c2ccccc2)N[C@@H](CO)C1. The van der Waals surface area contributed by atoms with Crippen LogP contribution >= 0.6 is 0 Å². The van der Waals surface area contributed by atoms with Crippen LogP contribution in [0.15, 0.2) is 84.9 Å². The van der Waals surface area contributed by atoms with E-state index < -0.39 is 0 Å². The number of piperazine rings is 1. The smallest absolute Gasteiger partial charge is 0.123 e. The Bertz CT molecular complexity index is 877. The van der Waals surface area contributed by atoms with Crippen molar-refractivity contribution in [2.75, 3.05) is 26.8 Å². The quantitative estimate of drug-likeness (QED) is 0.633. The summed E-state index contributed by atoms with van der Waals surface area (Å²) in [4.78, 5) is 2.43. The molecule has 0 aliphatic carbocycles. The monoisotopic (exact) mass is 402 g/mol. The Labute approximate surface area is 179 Å². The van der Waals surface area contributed by atoms with Crippen LogP contribution in [0.3, 0.4) is 0 Å². The van der Waals surface area contributed by atoms with Gasteiger partial charge in [-0.15, -0.1) is 0 Å². The number of nitrogens with one attached hydrogen (secondary N) is 1. The molecule has 1 aliphatic heterocycles. The van der Waals surface area contributed by atoms with E-state index in [2.05, 4.69) is 83.0 Å². The van der Waals surface area contributed by atoms with Crippen molar-refractivity contribution in [3.8, 4) is 5.75 Å². The van der Waals surface area contributed by atoms with Crippen molar-refractivity contribution in [2.24, 2.45) is 0 Å². The molecule has 3 aromatic carbocycles. The predicted octanol–water partition coefficient (Wildman–Crippen LogP) is 3.66. The molecule has 1 saturated heterocycles. The average molecular weight is 403 g/mol. The first-order valence-corrected chi connectivity index (χ1v) is 10.6. The summed E-state index contributed by atoms with van der Waals surface area (Å²) in [5, 5.41) is 13.7. The molecule has 2 atom stereocenters. The second-order valence-electron chi connectivity index (χ2n) is 7.96. The first kappa shape index (κ1) is 20.6. The molecule has 3 aromatic rings. The number of aliphatic hydroxyl groups is 1. The molecule has 0 spiro atoms. The maximum absolute atomic E-state index is 10.0. The molecule has 4 heteroatoms. The molecule has 156 valence electrons. The van der Waals surface area contributed by atoms with Gasteiger partial charge in [-0.05, 0) is 17.2 Å². The summed E-state index contributed by atoms with van der Waals surface area (Å²) < 4.78 is 5.56. The van der Waals surface area contributed by atoms with Crippen LogP contribution in [0.2, 0.25) is 0 Å². The molecule has 30 heavy (non-hydrogen) atoms. The van der Waals surface area contributed by atoms with Gasteiger partial charge < -0.3 is 15.2 Å². The Morgan fingerprint density at radius 1 is 0.900 bits per heavy atom. The van der Waals surface area contributed by atoms with E-state index in [4.69, 9.17) is 4.74 Å². The molecule has 4 rings (SSSR count). The van der Waals surface area contributed by atoms with Crippen LogP contribution in [0.4, 0.5) is 0 Å². The van der Waals surface area contributed by atoms with Gasteiger partial charge in [0.25, 0.3) is 0 Å². The Morgan fingerprint density at radius 2 is 1.50 bits per heavy atom. The van der Waals surface area contributed by atoms with Crippen molar-refractivity contribution in [1.29, 1.82) is 0 Å². The highest BCUT2D eigenvalue weighted by Crippen LogP contribution is 2.31. The van der Waals surface area contributed by atoms with Crippen molar-refractivity contribution in [2.45, 2.75) is 24.5 Å². The number of ether oxygens (including phenoxy) is 1. The summed E-state index contributed by atoms with van der Waals surface area (Å²) in [6.07, 6.45) is 0. The molecule has 0 bridgehead atoms. The number of benzene rings is 3. The molecule has 1 heterocycles. The second kappa shape index (κ2) is 9.90. The van der Waals surface area contributed by atoms with Crippen LogP contribution in [-0.2, 0) is 6.54 Å². The summed E-state index contributed by atoms with van der Waals surface area (Å²) in [5.74, 6) is 1.12. The van der Waals surface area contributed by atoms with Crippen LogP contribution in [0, 0.1) is 0 Å². The fourth-order valence-electron chi connectivity index (χ4n) is 4.57. The Kier molecular flexibility index (Phi) is 6.80. The van der Waals surface area contributed by atoms with Gasteiger partial charge in [-0.2, -0.15) is 0 Å². The molecule has 0 aromatic heterocycles. The van der Waals surface area contributed by atoms with Gasteiger partial charge in [0.15, 0.2) is 0 Å². The van der Waals surface area contributed by atoms with E-state index in [0.29, 0.717) is 0 Å². The lowest BCUT2D eigenvalue weighted by Gasteiger charge is -2.42. The number of methoxy groups -OCH3 is 1. The number of hydrogen-bond acceptors (Lipinski definition) is 4. The van der Waals surface area contributed by atoms with Crippen LogP contribution in [0.25, 0.3) is 0 Å². The van der Waals surface area contributed by atoms with Gasteiger partial charge in [-0.1, -0.05) is 78.9 Å². The minimum Gasteiger partial charge on any atom is -0.496 e. The van der Waals surface area contributed by atoms with Gasteiger partial charge >= 0.3 is 0 Å². The first-order valence-electron chi connectivity index (χ1n) is 10.6. The predicted molar refractivity (Wildman–Crippen MR) is 121 cm³/mol. The molecular formula is C26H30N2O2. The van der Waals surface area contributed by atoms with E-state index in [1.165, 1.54) is 16.7 Å². The first-order chi connectivity index (χ1) is 14.8. The fourth-order valence-corrected chi connectivity index (χ4v) is 4.57. The molecule has 1 fully saturated rings. The van der Waals surface area contributed by atoms with E-state index in [1.54, 1.807) is 7.11 Å². The molecule has 0 radical (unpaired) electrons. The molecule has 2 N–H and O–H groups in total. The highest BCUT2D eigenvalue weighted by Gasteiger charge is 2.33. The summed E-state index contributed by atoms with van der Waals surface area (Å²) in [6.45, 7) is 2.62. The summed E-state index contributed by atoms with van der Waals surface area (Å²) in [7, 11) is 1.72. The van der Waals surface area contributed by atoms with Crippen molar-refractivity contribution in [3.05, 3.63) is 102 Å². The van der Waals surface area contributed by atoms with Crippen LogP contribution in [0.5, 0.6) is 5.75 Å². The largest absolute Gasteiger partial charge is 0.496 e. The van der Waals surface area contributed by atoms with Gasteiger partial charge in [0.2, 0.25) is 0 Å². The molecular weight excluding hydrogens is 372 g/mol. The molecule has 0 saturated carbocycles. The van der Waals surface area contributed by atoms with Gasteiger partial charge in [0.1, 0.15) is 5.75 Å². The zero-order valence-electron chi connectivity index (χ0n) is 17.4. The third kappa shape index (κ3) is 4.73. The van der Waals surface area contributed by atoms with E-state index >= 15 is 0 Å². The highest BCUT2D eigenvalue weighted by atomic mass is 16.5. The van der Waals surface area contributed by atoms with Gasteiger partial charge in [0.05, 0.1) is 13.7 Å². The fraction of sp³-hybridized carbons (Fsp3) is 0.308. The van der Waals surface area contributed by atoms with Crippen molar-refractivity contribution >= 4 is 0 Å². The number of aliphatic hydroxyl groups excluding tert-OH is 1. The van der Waals surface area contributed by atoms with Crippen molar-refractivity contribution < 1.29 is 9.84 Å². The van der Waals surface area contributed by atoms with Crippen LogP contribution in [-0.4, -0.2) is 48.9 Å². The summed E-state index contributed by atoms with van der Waals surface area (Å²) in [5.41, 5.74) is 3.75. The zero-order chi connectivity index (χ0) is 20.8. The van der Waals surface area contributed by atoms with Crippen LogP contribution < -0.4 is 10.1 Å². The average Bonchev–Trinajstić information content (AvgIpc) is 2.81. The number of hydrogen-bond donors (Lipinski definition) is 2. The van der Waals surface area contributed by atoms with E-state index in [1.807, 2.05) is 12.1 Å². The zero-order valence-corrected chi connectivity index (χ0v) is 17.4. The van der Waals surface area contributed by atoms with E-state index in [9.17, 15) is 5.11 Å². The lowest BCUT2D eigenvalue weighted by Crippen LogP contribution is -2.59. The van der Waals surface area contributed by atoms with Crippen LogP contribution in [0.1, 0.15) is 22.6 Å².